The van der Waals surface area contributed by atoms with Crippen molar-refractivity contribution in [3.8, 4) is 0 Å². The zero-order valence-corrected chi connectivity index (χ0v) is 21.8. The van der Waals surface area contributed by atoms with Gasteiger partial charge in [-0.15, -0.1) is 0 Å². The number of sulfonamides is 1. The zero-order valence-electron chi connectivity index (χ0n) is 19.3. The summed E-state index contributed by atoms with van der Waals surface area (Å²) in [7, 11) is -13.3. The van der Waals surface area contributed by atoms with E-state index in [4.69, 9.17) is 0 Å². The minimum atomic E-state index is -4.44. The van der Waals surface area contributed by atoms with Crippen LogP contribution in [0.3, 0.4) is 0 Å². The summed E-state index contributed by atoms with van der Waals surface area (Å²) < 4.78 is 82.0. The van der Waals surface area contributed by atoms with Gasteiger partial charge in [0.15, 0.2) is 0 Å². The molecule has 1 heterocycles. The first kappa shape index (κ1) is 25.4. The van der Waals surface area contributed by atoms with Crippen LogP contribution in [0.15, 0.2) is 128 Å². The van der Waals surface area contributed by atoms with E-state index in [-0.39, 0.29) is 14.7 Å². The van der Waals surface area contributed by atoms with Crippen LogP contribution in [-0.2, 0) is 29.7 Å². The number of nitrogens with one attached hydrogen (secondary N) is 1. The third-order valence-electron chi connectivity index (χ3n) is 5.45. The maximum atomic E-state index is 13.4. The van der Waals surface area contributed by atoms with Crippen molar-refractivity contribution in [3.63, 3.8) is 0 Å². The summed E-state index contributed by atoms with van der Waals surface area (Å²) in [5.74, 6) is -0.767. The second-order valence-corrected chi connectivity index (χ2v) is 13.3. The van der Waals surface area contributed by atoms with E-state index >= 15 is 0 Å². The number of anilines is 1. The number of benzene rings is 4. The number of fused-ring (bicyclic) bond motifs is 1. The number of hydrogen-bond donors (Lipinski definition) is 1. The Hall–Kier alpha value is -4.20. The number of hydrogen-bond acceptors (Lipinski definition) is 9. The van der Waals surface area contributed by atoms with E-state index in [9.17, 15) is 25.3 Å². The molecule has 1 aromatic heterocycles. The quantitative estimate of drug-likeness (QED) is 0.312. The second kappa shape index (κ2) is 9.59. The van der Waals surface area contributed by atoms with Gasteiger partial charge >= 0.3 is 0 Å². The minimum Gasteiger partial charge on any atom is -0.247 e. The summed E-state index contributed by atoms with van der Waals surface area (Å²) in [5.41, 5.74) is 0. The Morgan fingerprint density at radius 2 is 0.974 bits per heavy atom. The van der Waals surface area contributed by atoms with Gasteiger partial charge in [-0.3, -0.25) is 0 Å². The largest absolute Gasteiger partial charge is 0.264 e. The fourth-order valence-corrected chi connectivity index (χ4v) is 7.15. The molecule has 10 nitrogen and oxygen atoms in total. The van der Waals surface area contributed by atoms with E-state index in [1.165, 1.54) is 54.6 Å². The number of sulfone groups is 2. The third-order valence-corrected chi connectivity index (χ3v) is 9.95. The van der Waals surface area contributed by atoms with Crippen LogP contribution in [0.5, 0.6) is 0 Å². The Balaban J connectivity index is 1.69. The minimum absolute atomic E-state index is 0.129. The fourth-order valence-electron chi connectivity index (χ4n) is 3.64. The van der Waals surface area contributed by atoms with E-state index < -0.39 is 46.0 Å². The first-order valence-corrected chi connectivity index (χ1v) is 15.4. The highest BCUT2D eigenvalue weighted by atomic mass is 32.2. The summed E-state index contributed by atoms with van der Waals surface area (Å²) in [6.45, 7) is 0. The lowest BCUT2D eigenvalue weighted by Gasteiger charge is -2.12. The summed E-state index contributed by atoms with van der Waals surface area (Å²) >= 11 is 0. The van der Waals surface area contributed by atoms with Crippen molar-refractivity contribution in [2.75, 3.05) is 4.72 Å². The van der Waals surface area contributed by atoms with Gasteiger partial charge in [0, 0.05) is 5.39 Å². The van der Waals surface area contributed by atoms with E-state index in [0.717, 1.165) is 0 Å². The number of aromatic nitrogens is 3. The van der Waals surface area contributed by atoms with Crippen molar-refractivity contribution in [3.05, 3.63) is 103 Å². The molecule has 0 fully saturated rings. The van der Waals surface area contributed by atoms with Crippen LogP contribution in [-0.4, -0.2) is 40.2 Å². The lowest BCUT2D eigenvalue weighted by molar-refractivity contribution is 0.570. The standard InChI is InChI=1S/C25H18N4O6S3/c30-36(31,19-12-3-1-4-13-19)24-26-23(27-25(28-24)37(32,33)20-14-5-2-6-15-20)29-38(34,35)22-17-9-11-18-10-7-8-16-21(18)22/h1-17H,(H,26,27,28,29). The Kier molecular flexibility index (Phi) is 6.42. The lowest BCUT2D eigenvalue weighted by atomic mass is 10.1. The Bertz CT molecular complexity index is 1890. The highest BCUT2D eigenvalue weighted by Gasteiger charge is 2.30. The molecule has 38 heavy (non-hydrogen) atoms. The van der Waals surface area contributed by atoms with Crippen LogP contribution in [0.2, 0.25) is 0 Å². The first-order valence-electron chi connectivity index (χ1n) is 11.0. The molecule has 5 rings (SSSR count). The lowest BCUT2D eigenvalue weighted by Crippen LogP contribution is -2.20. The fraction of sp³-hybridized carbons (Fsp3) is 0. The van der Waals surface area contributed by atoms with Crippen molar-refractivity contribution < 1.29 is 25.3 Å². The first-order chi connectivity index (χ1) is 18.1. The van der Waals surface area contributed by atoms with Crippen LogP contribution < -0.4 is 4.72 Å². The Morgan fingerprint density at radius 1 is 0.500 bits per heavy atom. The van der Waals surface area contributed by atoms with Gasteiger partial charge in [0.05, 0.1) is 14.7 Å². The van der Waals surface area contributed by atoms with E-state index in [1.54, 1.807) is 48.5 Å². The van der Waals surface area contributed by atoms with Crippen molar-refractivity contribution in [2.24, 2.45) is 0 Å². The van der Waals surface area contributed by atoms with Crippen LogP contribution in [0.25, 0.3) is 10.8 Å². The summed E-state index contributed by atoms with van der Waals surface area (Å²) in [6, 6.07) is 25.6. The van der Waals surface area contributed by atoms with Crippen molar-refractivity contribution in [2.45, 2.75) is 25.0 Å². The molecule has 0 saturated carbocycles. The maximum Gasteiger partial charge on any atom is 0.264 e. The van der Waals surface area contributed by atoms with Gasteiger partial charge in [0.1, 0.15) is 0 Å². The molecule has 0 saturated heterocycles. The van der Waals surface area contributed by atoms with Gasteiger partial charge in [-0.2, -0.15) is 15.0 Å². The Labute approximate surface area is 219 Å². The molecule has 0 aliphatic carbocycles. The van der Waals surface area contributed by atoms with Crippen LogP contribution >= 0.6 is 0 Å². The normalized spacial score (nSPS) is 12.3. The number of nitrogens with zero attached hydrogens (tertiary/aromatic N) is 3. The SMILES string of the molecule is O=S(=O)(Nc1nc(S(=O)(=O)c2ccccc2)nc(S(=O)(=O)c2ccccc2)n1)c1cccc2ccccc12. The van der Waals surface area contributed by atoms with Gasteiger partial charge in [0.25, 0.3) is 20.3 Å². The average molecular weight is 567 g/mol. The molecular formula is C25H18N4O6S3. The van der Waals surface area contributed by atoms with E-state index in [2.05, 4.69) is 19.7 Å². The molecule has 192 valence electrons. The molecule has 1 N–H and O–H groups in total. The van der Waals surface area contributed by atoms with Crippen molar-refractivity contribution in [1.29, 1.82) is 0 Å². The molecule has 4 aromatic carbocycles. The molecule has 13 heteroatoms. The predicted molar refractivity (Wildman–Crippen MR) is 138 cm³/mol. The average Bonchev–Trinajstić information content (AvgIpc) is 2.93. The summed E-state index contributed by atoms with van der Waals surface area (Å²) in [4.78, 5) is 10.8. The topological polar surface area (TPSA) is 153 Å². The van der Waals surface area contributed by atoms with E-state index in [1.807, 2.05) is 0 Å². The molecule has 5 aromatic rings. The molecule has 0 spiro atoms. The van der Waals surface area contributed by atoms with Gasteiger partial charge in [-0.1, -0.05) is 72.8 Å². The molecule has 0 atom stereocenters. The maximum absolute atomic E-state index is 13.4. The van der Waals surface area contributed by atoms with Crippen LogP contribution in [0.4, 0.5) is 5.95 Å². The van der Waals surface area contributed by atoms with Gasteiger partial charge in [0.2, 0.25) is 25.6 Å². The molecule has 0 aliphatic rings. The Morgan fingerprint density at radius 3 is 1.53 bits per heavy atom. The molecule has 0 radical (unpaired) electrons. The summed E-state index contributed by atoms with van der Waals surface area (Å²) in [5, 5.41) is -0.816. The molecule has 0 aliphatic heterocycles. The van der Waals surface area contributed by atoms with Gasteiger partial charge < -0.3 is 0 Å². The van der Waals surface area contributed by atoms with Crippen molar-refractivity contribution >= 4 is 46.4 Å². The number of rotatable bonds is 7. The van der Waals surface area contributed by atoms with E-state index in [0.29, 0.717) is 10.8 Å². The zero-order chi connectivity index (χ0) is 27.0. The summed E-state index contributed by atoms with van der Waals surface area (Å²) in [6.07, 6.45) is 0. The molecule has 0 bridgehead atoms. The van der Waals surface area contributed by atoms with Crippen LogP contribution in [0, 0.1) is 0 Å². The molecule has 0 unspecified atom stereocenters. The third kappa shape index (κ3) is 4.74. The predicted octanol–water partition coefficient (Wildman–Crippen LogP) is 3.49. The molecular weight excluding hydrogens is 548 g/mol. The van der Waals surface area contributed by atoms with Crippen molar-refractivity contribution in [1.82, 2.24) is 15.0 Å². The monoisotopic (exact) mass is 566 g/mol. The van der Waals surface area contributed by atoms with Gasteiger partial charge in [-0.05, 0) is 35.7 Å². The highest BCUT2D eigenvalue weighted by molar-refractivity contribution is 7.93. The second-order valence-electron chi connectivity index (χ2n) is 7.94. The van der Waals surface area contributed by atoms with Gasteiger partial charge in [-0.25, -0.2) is 30.0 Å². The molecule has 0 amide bonds. The van der Waals surface area contributed by atoms with Crippen LogP contribution in [0.1, 0.15) is 0 Å². The smallest absolute Gasteiger partial charge is 0.247 e. The highest BCUT2D eigenvalue weighted by Crippen LogP contribution is 2.26.